The highest BCUT2D eigenvalue weighted by Gasteiger charge is 2.25. The third-order valence-electron chi connectivity index (χ3n) is 4.67. The molecule has 4 aromatic rings. The number of benzene rings is 1. The van der Waals surface area contributed by atoms with Crippen LogP contribution in [0.5, 0.6) is 0 Å². The number of carbonyl (C=O) groups is 3. The molecule has 0 aliphatic carbocycles. The zero-order chi connectivity index (χ0) is 28.0. The maximum atomic E-state index is 12.9. The largest absolute Gasteiger partial charge is 0.461 e. The van der Waals surface area contributed by atoms with Gasteiger partial charge in [-0.05, 0) is 56.6 Å². The number of hydrogen-bond donors (Lipinski definition) is 3. The summed E-state index contributed by atoms with van der Waals surface area (Å²) in [7, 11) is 0. The number of nitrogens with one attached hydrogen (secondary N) is 2. The summed E-state index contributed by atoms with van der Waals surface area (Å²) >= 11 is 12.0. The lowest BCUT2D eigenvalue weighted by molar-refractivity contribution is -0.113. The number of aromatic nitrogens is 2. The molecule has 0 aliphatic heterocycles. The summed E-state index contributed by atoms with van der Waals surface area (Å²) < 4.78 is 5.51. The fraction of sp³-hybridized carbons (Fsp3) is 0.240. The minimum Gasteiger partial charge on any atom is -0.461 e. The van der Waals surface area contributed by atoms with E-state index in [-0.39, 0.29) is 27.7 Å². The lowest BCUT2D eigenvalue weighted by Gasteiger charge is -2.20. The number of hydrogen-bond acceptors (Lipinski definition) is 8. The predicted octanol–water partition coefficient (Wildman–Crippen LogP) is 6.21. The van der Waals surface area contributed by atoms with E-state index >= 15 is 0 Å². The molecule has 38 heavy (non-hydrogen) atoms. The van der Waals surface area contributed by atoms with Crippen molar-refractivity contribution in [3.05, 3.63) is 47.5 Å². The summed E-state index contributed by atoms with van der Waals surface area (Å²) in [4.78, 5) is 44.6. The minimum atomic E-state index is -0.421. The second-order valence-electron chi connectivity index (χ2n) is 8.85. The Kier molecular flexibility index (Phi) is 10.0. The van der Waals surface area contributed by atoms with Crippen LogP contribution in [0, 0.1) is 0 Å². The Labute approximate surface area is 244 Å². The van der Waals surface area contributed by atoms with E-state index in [2.05, 4.69) is 47.5 Å². The highest BCUT2D eigenvalue weighted by Crippen LogP contribution is 2.40. The van der Waals surface area contributed by atoms with Crippen LogP contribution in [-0.4, -0.2) is 43.2 Å². The molecule has 9 nitrogen and oxygen atoms in total. The van der Waals surface area contributed by atoms with Gasteiger partial charge in [-0.1, -0.05) is 44.0 Å². The van der Waals surface area contributed by atoms with E-state index < -0.39 is 5.54 Å². The van der Waals surface area contributed by atoms with Gasteiger partial charge in [0.2, 0.25) is 11.1 Å². The van der Waals surface area contributed by atoms with Crippen LogP contribution in [0.1, 0.15) is 30.4 Å². The summed E-state index contributed by atoms with van der Waals surface area (Å²) in [5.41, 5.74) is 8.25. The molecule has 4 N–H and O–H groups in total. The second kappa shape index (κ2) is 12.8. The van der Waals surface area contributed by atoms with E-state index in [1.54, 1.807) is 30.5 Å². The van der Waals surface area contributed by atoms with E-state index in [1.165, 1.54) is 11.3 Å². The monoisotopic (exact) mass is 683 g/mol. The number of rotatable bonds is 6. The van der Waals surface area contributed by atoms with Gasteiger partial charge in [-0.3, -0.25) is 14.4 Å². The maximum absolute atomic E-state index is 12.9. The van der Waals surface area contributed by atoms with Crippen molar-refractivity contribution in [2.75, 3.05) is 21.7 Å². The van der Waals surface area contributed by atoms with Crippen LogP contribution in [-0.2, 0) is 9.59 Å². The number of alkyl halides is 2. The molecule has 1 aromatic carbocycles. The summed E-state index contributed by atoms with van der Waals surface area (Å²) in [6, 6.07) is 10.8. The minimum absolute atomic E-state index is 0.174. The Bertz CT molecular complexity index is 1470. The molecule has 4 rings (SSSR count). The summed E-state index contributed by atoms with van der Waals surface area (Å²) in [6.07, 6.45) is 1.55. The number of carbonyl (C=O) groups excluding carboxylic acids is 3. The lowest BCUT2D eigenvalue weighted by atomic mass is 10.1. The Balaban J connectivity index is 0.000000732. The SMILES string of the molecule is CC(C)(C)NC(=O)c1sc2nc(-c3ccco3)nc(-c3cccc(NC(=O)CBr)c3)c2c1N.O=C(Cl)CBr. The van der Waals surface area contributed by atoms with Crippen LogP contribution in [0.3, 0.4) is 0 Å². The molecule has 13 heteroatoms. The first-order valence-corrected chi connectivity index (χ1v) is 14.5. The van der Waals surface area contributed by atoms with Gasteiger partial charge in [0, 0.05) is 16.8 Å². The fourth-order valence-electron chi connectivity index (χ4n) is 3.25. The number of nitrogens with two attached hydrogens (primary N) is 1. The molecule has 200 valence electrons. The Morgan fingerprint density at radius 3 is 2.39 bits per heavy atom. The van der Waals surface area contributed by atoms with Gasteiger partial charge in [-0.25, -0.2) is 9.97 Å². The Morgan fingerprint density at radius 1 is 1.11 bits per heavy atom. The van der Waals surface area contributed by atoms with Crippen LogP contribution in [0.25, 0.3) is 33.1 Å². The highest BCUT2D eigenvalue weighted by atomic mass is 79.9. The third-order valence-corrected chi connectivity index (χ3v) is 7.24. The molecule has 0 bridgehead atoms. The third kappa shape index (κ3) is 7.62. The van der Waals surface area contributed by atoms with Gasteiger partial charge in [0.25, 0.3) is 5.91 Å². The summed E-state index contributed by atoms with van der Waals surface area (Å²) in [5, 5.41) is 6.42. The van der Waals surface area contributed by atoms with Gasteiger partial charge in [0.1, 0.15) is 9.71 Å². The van der Waals surface area contributed by atoms with Crippen molar-refractivity contribution in [2.45, 2.75) is 26.3 Å². The summed E-state index contributed by atoms with van der Waals surface area (Å²) in [5.74, 6) is 0.426. The van der Waals surface area contributed by atoms with Crippen LogP contribution in [0.4, 0.5) is 11.4 Å². The van der Waals surface area contributed by atoms with Gasteiger partial charge >= 0.3 is 0 Å². The van der Waals surface area contributed by atoms with Gasteiger partial charge < -0.3 is 20.8 Å². The zero-order valence-corrected chi connectivity index (χ0v) is 25.3. The average Bonchev–Trinajstić information content (AvgIpc) is 3.51. The van der Waals surface area contributed by atoms with Crippen molar-refractivity contribution in [3.63, 3.8) is 0 Å². The first-order chi connectivity index (χ1) is 17.9. The van der Waals surface area contributed by atoms with E-state index in [0.29, 0.717) is 43.7 Å². The molecule has 0 saturated heterocycles. The van der Waals surface area contributed by atoms with Crippen molar-refractivity contribution in [1.82, 2.24) is 15.3 Å². The quantitative estimate of drug-likeness (QED) is 0.162. The first kappa shape index (κ1) is 29.8. The average molecular weight is 686 g/mol. The molecule has 0 spiro atoms. The van der Waals surface area contributed by atoms with Gasteiger partial charge in [0.15, 0.2) is 11.6 Å². The van der Waals surface area contributed by atoms with Crippen molar-refractivity contribution >= 4 is 93.4 Å². The van der Waals surface area contributed by atoms with E-state index in [9.17, 15) is 14.4 Å². The van der Waals surface area contributed by atoms with Gasteiger partial charge in [0.05, 0.1) is 33.7 Å². The van der Waals surface area contributed by atoms with Crippen LogP contribution in [0.15, 0.2) is 47.1 Å². The number of nitrogen functional groups attached to an aromatic ring is 1. The van der Waals surface area contributed by atoms with Gasteiger partial charge in [-0.2, -0.15) is 0 Å². The van der Waals surface area contributed by atoms with Crippen molar-refractivity contribution in [3.8, 4) is 22.8 Å². The summed E-state index contributed by atoms with van der Waals surface area (Å²) in [6.45, 7) is 5.71. The number of amides is 2. The van der Waals surface area contributed by atoms with Crippen LogP contribution in [0.2, 0.25) is 0 Å². The molecular weight excluding hydrogens is 662 g/mol. The van der Waals surface area contributed by atoms with Crippen LogP contribution < -0.4 is 16.4 Å². The van der Waals surface area contributed by atoms with E-state index in [4.69, 9.17) is 26.7 Å². The zero-order valence-electron chi connectivity index (χ0n) is 20.6. The number of anilines is 2. The smallest absolute Gasteiger partial charge is 0.263 e. The van der Waals surface area contributed by atoms with Crippen LogP contribution >= 0.6 is 54.8 Å². The first-order valence-electron chi connectivity index (χ1n) is 11.1. The Morgan fingerprint density at radius 2 is 1.82 bits per heavy atom. The number of thiophene rings is 1. The molecule has 2 amide bonds. The van der Waals surface area contributed by atoms with Crippen molar-refractivity contribution < 1.29 is 18.8 Å². The fourth-order valence-corrected chi connectivity index (χ4v) is 4.38. The highest BCUT2D eigenvalue weighted by molar-refractivity contribution is 9.09. The molecule has 3 heterocycles. The van der Waals surface area contributed by atoms with E-state index in [0.717, 1.165) is 5.56 Å². The molecule has 3 aromatic heterocycles. The molecule has 0 aliphatic rings. The predicted molar refractivity (Wildman–Crippen MR) is 159 cm³/mol. The molecule has 0 unspecified atom stereocenters. The Hall–Kier alpha value is -2.80. The standard InChI is InChI=1S/C23H22BrN5O3S.C2H2BrClO/c1-23(2,3)29-21(31)19-17(25)16-18(12-6-4-7-13(10-12)26-15(30)11-24)27-20(28-22(16)33-19)14-8-5-9-32-14;3-1-2(4)5/h4-10H,11,25H2,1-3H3,(H,26,30)(H,29,31);1H2. The number of fused-ring (bicyclic) bond motifs is 1. The molecule has 0 saturated carbocycles. The number of furan rings is 1. The topological polar surface area (TPSA) is 140 Å². The molecule has 0 fully saturated rings. The molecule has 0 radical (unpaired) electrons. The second-order valence-corrected chi connectivity index (χ2v) is 11.4. The van der Waals surface area contributed by atoms with E-state index in [1.807, 2.05) is 32.9 Å². The van der Waals surface area contributed by atoms with Crippen molar-refractivity contribution in [2.24, 2.45) is 0 Å². The van der Waals surface area contributed by atoms with Crippen molar-refractivity contribution in [1.29, 1.82) is 0 Å². The van der Waals surface area contributed by atoms with Gasteiger partial charge in [-0.15, -0.1) is 11.3 Å². The maximum Gasteiger partial charge on any atom is 0.263 e. The molecule has 0 atom stereocenters. The lowest BCUT2D eigenvalue weighted by Crippen LogP contribution is -2.40. The molecular formula is C25H24Br2ClN5O4S. The normalized spacial score (nSPS) is 11.0. The number of nitrogens with zero attached hydrogens (tertiary/aromatic N) is 2. The number of halogens is 3.